The first-order valence-corrected chi connectivity index (χ1v) is 9.31. The van der Waals surface area contributed by atoms with E-state index in [1.807, 2.05) is 44.2 Å². The Labute approximate surface area is 163 Å². The molecule has 2 rings (SSSR count). The molecule has 1 aromatic carbocycles. The number of aromatic nitrogens is 3. The van der Waals surface area contributed by atoms with E-state index in [0.717, 1.165) is 25.7 Å². The predicted octanol–water partition coefficient (Wildman–Crippen LogP) is 4.24. The van der Waals surface area contributed by atoms with Gasteiger partial charge < -0.3 is 9.47 Å². The Morgan fingerprint density at radius 2 is 1.32 bits per heavy atom. The average Bonchev–Trinajstić information content (AvgIpc) is 2.69. The highest BCUT2D eigenvalue weighted by Gasteiger charge is 2.14. The number of carbonyl (C=O) groups is 2. The highest BCUT2D eigenvalue weighted by molar-refractivity contribution is 5.85. The Bertz CT molecular complexity index is 728. The monoisotopic (exact) mass is 387 g/mol. The van der Waals surface area contributed by atoms with Crippen molar-refractivity contribution in [3.05, 3.63) is 30.3 Å². The number of ether oxygens (including phenoxy) is 2. The second kappa shape index (κ2) is 11.5. The number of unbranched alkanes of at least 4 members (excludes halogenated alkanes) is 2. The first-order valence-electron chi connectivity index (χ1n) is 9.31. The molecule has 0 aliphatic carbocycles. The zero-order valence-electron chi connectivity index (χ0n) is 16.1. The minimum absolute atomic E-state index is 0.0285. The quantitative estimate of drug-likeness (QED) is 0.618. The fourth-order valence-corrected chi connectivity index (χ4v) is 2.08. The molecule has 0 spiro atoms. The maximum Gasteiger partial charge on any atom is 0.414 e. The summed E-state index contributed by atoms with van der Waals surface area (Å²) in [5, 5.41) is 4.92. The van der Waals surface area contributed by atoms with Gasteiger partial charge in [0.2, 0.25) is 11.9 Å². The summed E-state index contributed by atoms with van der Waals surface area (Å²) in [6.07, 6.45) is 1.99. The van der Waals surface area contributed by atoms with Gasteiger partial charge in [0, 0.05) is 5.56 Å². The van der Waals surface area contributed by atoms with Crippen molar-refractivity contribution < 1.29 is 19.1 Å². The molecule has 0 saturated carbocycles. The van der Waals surface area contributed by atoms with Crippen LogP contribution in [0.3, 0.4) is 0 Å². The fraction of sp³-hybridized carbons (Fsp3) is 0.421. The van der Waals surface area contributed by atoms with Gasteiger partial charge in [-0.1, -0.05) is 57.0 Å². The molecule has 28 heavy (non-hydrogen) atoms. The maximum absolute atomic E-state index is 11.9. The van der Waals surface area contributed by atoms with Gasteiger partial charge in [-0.25, -0.2) is 9.59 Å². The highest BCUT2D eigenvalue weighted by Crippen LogP contribution is 2.17. The summed E-state index contributed by atoms with van der Waals surface area (Å²) >= 11 is 0. The lowest BCUT2D eigenvalue weighted by molar-refractivity contribution is 0.159. The normalized spacial score (nSPS) is 10.2. The van der Waals surface area contributed by atoms with Crippen LogP contribution < -0.4 is 10.6 Å². The number of hydrogen-bond donors (Lipinski definition) is 2. The molecule has 0 unspecified atom stereocenters. The first-order chi connectivity index (χ1) is 13.6. The second-order valence-corrected chi connectivity index (χ2v) is 5.90. The van der Waals surface area contributed by atoms with Crippen LogP contribution in [0.5, 0.6) is 0 Å². The summed E-state index contributed by atoms with van der Waals surface area (Å²) in [4.78, 5) is 36.3. The Kier molecular flexibility index (Phi) is 8.64. The van der Waals surface area contributed by atoms with Crippen LogP contribution >= 0.6 is 0 Å². The van der Waals surface area contributed by atoms with E-state index in [0.29, 0.717) is 24.6 Å². The Balaban J connectivity index is 2.16. The Hall–Kier alpha value is -3.23. The number of carbonyl (C=O) groups excluding carboxylic acids is 2. The zero-order chi connectivity index (χ0) is 20.2. The van der Waals surface area contributed by atoms with Crippen LogP contribution in [-0.2, 0) is 9.47 Å². The third-order valence-electron chi connectivity index (χ3n) is 3.56. The molecule has 0 radical (unpaired) electrons. The maximum atomic E-state index is 11.9. The van der Waals surface area contributed by atoms with Crippen LogP contribution in [0, 0.1) is 0 Å². The van der Waals surface area contributed by atoms with Gasteiger partial charge in [-0.15, -0.1) is 0 Å². The van der Waals surface area contributed by atoms with Gasteiger partial charge >= 0.3 is 12.2 Å². The highest BCUT2D eigenvalue weighted by atomic mass is 16.6. The summed E-state index contributed by atoms with van der Waals surface area (Å²) in [6.45, 7) is 4.59. The SMILES string of the molecule is CCCCOC(=O)Nc1nc(NC(=O)OCCCC)nc(-c2ccccc2)n1. The number of anilines is 2. The van der Waals surface area contributed by atoms with Crippen LogP contribution in [0.15, 0.2) is 30.3 Å². The van der Waals surface area contributed by atoms with Crippen LogP contribution in [0.25, 0.3) is 11.4 Å². The van der Waals surface area contributed by atoms with E-state index < -0.39 is 12.2 Å². The number of benzene rings is 1. The third kappa shape index (κ3) is 7.18. The van der Waals surface area contributed by atoms with Crippen LogP contribution in [0.2, 0.25) is 0 Å². The summed E-state index contributed by atoms with van der Waals surface area (Å²) < 4.78 is 10.1. The fourth-order valence-electron chi connectivity index (χ4n) is 2.08. The Morgan fingerprint density at radius 3 is 1.79 bits per heavy atom. The summed E-state index contributed by atoms with van der Waals surface area (Å²) in [7, 11) is 0. The molecule has 0 fully saturated rings. The molecular formula is C19H25N5O4. The van der Waals surface area contributed by atoms with E-state index >= 15 is 0 Å². The van der Waals surface area contributed by atoms with E-state index in [4.69, 9.17) is 9.47 Å². The van der Waals surface area contributed by atoms with E-state index in [2.05, 4.69) is 25.6 Å². The van der Waals surface area contributed by atoms with Crippen molar-refractivity contribution in [2.24, 2.45) is 0 Å². The molecule has 0 bridgehead atoms. The lowest BCUT2D eigenvalue weighted by atomic mass is 10.2. The van der Waals surface area contributed by atoms with E-state index in [9.17, 15) is 9.59 Å². The minimum atomic E-state index is -0.671. The van der Waals surface area contributed by atoms with Crippen molar-refractivity contribution >= 4 is 24.1 Å². The molecular weight excluding hydrogens is 362 g/mol. The molecule has 0 saturated heterocycles. The van der Waals surface area contributed by atoms with Crippen LogP contribution in [-0.4, -0.2) is 40.4 Å². The standard InChI is InChI=1S/C19H25N5O4/c1-3-5-12-27-18(25)23-16-20-15(14-10-8-7-9-11-14)21-17(22-16)24-19(26)28-13-6-4-2/h7-11H,3-6,12-13H2,1-2H3,(H2,20,21,22,23,24,25,26). The first kappa shape index (κ1) is 21.1. The number of hydrogen-bond acceptors (Lipinski definition) is 7. The Morgan fingerprint density at radius 1 is 0.821 bits per heavy atom. The van der Waals surface area contributed by atoms with Gasteiger partial charge in [0.25, 0.3) is 0 Å². The number of nitrogens with zero attached hydrogens (tertiary/aromatic N) is 3. The van der Waals surface area contributed by atoms with Crippen molar-refractivity contribution in [1.82, 2.24) is 15.0 Å². The van der Waals surface area contributed by atoms with Gasteiger partial charge in [0.15, 0.2) is 5.82 Å². The van der Waals surface area contributed by atoms with Crippen molar-refractivity contribution in [1.29, 1.82) is 0 Å². The van der Waals surface area contributed by atoms with Crippen LogP contribution in [0.1, 0.15) is 39.5 Å². The molecule has 150 valence electrons. The largest absolute Gasteiger partial charge is 0.449 e. The topological polar surface area (TPSA) is 115 Å². The van der Waals surface area contributed by atoms with Crippen LogP contribution in [0.4, 0.5) is 21.5 Å². The van der Waals surface area contributed by atoms with E-state index in [-0.39, 0.29) is 11.9 Å². The molecule has 9 nitrogen and oxygen atoms in total. The molecule has 2 aromatic rings. The van der Waals surface area contributed by atoms with Crippen molar-refractivity contribution in [3.63, 3.8) is 0 Å². The second-order valence-electron chi connectivity index (χ2n) is 5.90. The van der Waals surface area contributed by atoms with Gasteiger partial charge in [0.1, 0.15) is 0 Å². The molecule has 2 N–H and O–H groups in total. The van der Waals surface area contributed by atoms with Crippen molar-refractivity contribution in [2.45, 2.75) is 39.5 Å². The van der Waals surface area contributed by atoms with Gasteiger partial charge in [0.05, 0.1) is 13.2 Å². The predicted molar refractivity (Wildman–Crippen MR) is 105 cm³/mol. The lowest BCUT2D eigenvalue weighted by Crippen LogP contribution is -2.20. The number of amides is 2. The molecule has 0 aliphatic rings. The molecule has 0 atom stereocenters. The van der Waals surface area contributed by atoms with Crippen molar-refractivity contribution in [3.8, 4) is 11.4 Å². The van der Waals surface area contributed by atoms with E-state index in [1.165, 1.54) is 0 Å². The minimum Gasteiger partial charge on any atom is -0.449 e. The molecule has 0 aliphatic heterocycles. The van der Waals surface area contributed by atoms with Gasteiger partial charge in [-0.3, -0.25) is 10.6 Å². The molecule has 1 heterocycles. The third-order valence-corrected chi connectivity index (χ3v) is 3.56. The van der Waals surface area contributed by atoms with Gasteiger partial charge in [-0.05, 0) is 12.8 Å². The van der Waals surface area contributed by atoms with E-state index in [1.54, 1.807) is 0 Å². The molecule has 9 heteroatoms. The summed E-state index contributed by atoms with van der Waals surface area (Å²) in [5.74, 6) is 0.238. The van der Waals surface area contributed by atoms with Gasteiger partial charge in [-0.2, -0.15) is 15.0 Å². The lowest BCUT2D eigenvalue weighted by Gasteiger charge is -2.10. The summed E-state index contributed by atoms with van der Waals surface area (Å²) in [6, 6.07) is 9.14. The van der Waals surface area contributed by atoms with Crippen molar-refractivity contribution in [2.75, 3.05) is 23.8 Å². The number of rotatable bonds is 9. The number of nitrogens with one attached hydrogen (secondary N) is 2. The smallest absolute Gasteiger partial charge is 0.414 e. The molecule has 1 aromatic heterocycles. The zero-order valence-corrected chi connectivity index (χ0v) is 16.1. The average molecular weight is 387 g/mol. The molecule has 2 amide bonds. The summed E-state index contributed by atoms with van der Waals surface area (Å²) in [5.41, 5.74) is 0.703.